The molecule has 1 unspecified atom stereocenters. The van der Waals surface area contributed by atoms with Gasteiger partial charge in [0.25, 0.3) is 0 Å². The summed E-state index contributed by atoms with van der Waals surface area (Å²) < 4.78 is 12.9. The molecule has 5 rings (SSSR count). The highest BCUT2D eigenvalue weighted by molar-refractivity contribution is 6.48. The van der Waals surface area contributed by atoms with Gasteiger partial charge in [-0.25, -0.2) is 0 Å². The Morgan fingerprint density at radius 1 is 1.31 bits per heavy atom. The number of carbonyl (C=O) groups is 1. The zero-order valence-electron chi connectivity index (χ0n) is 15.7. The first-order chi connectivity index (χ1) is 12.3. The second-order valence-corrected chi connectivity index (χ2v) is 9.10. The molecule has 1 N–H and O–H groups in total. The van der Waals surface area contributed by atoms with E-state index in [0.717, 1.165) is 12.0 Å². The summed E-state index contributed by atoms with van der Waals surface area (Å²) in [5.41, 5.74) is 1.17. The zero-order chi connectivity index (χ0) is 18.5. The lowest BCUT2D eigenvalue weighted by atomic mass is 9.43. The maximum absolute atomic E-state index is 12.0. The van der Waals surface area contributed by atoms with Crippen LogP contribution in [-0.2, 0) is 20.5 Å². The van der Waals surface area contributed by atoms with E-state index < -0.39 is 7.12 Å². The van der Waals surface area contributed by atoms with Crippen molar-refractivity contribution in [2.24, 2.45) is 17.3 Å². The standard InChI is InChI=1S/C20H27BClNO3/c1-19(2)14-10-15(19)20(3)16(11-14)25-21(26-20)17(23-18(24)12-22)9-13-7-5-4-6-8-13/h4-8,14-17H,9-12H2,1-3H3,(H,23,24)/t14-,15-,16+,17?,20-/m0/s1. The van der Waals surface area contributed by atoms with Crippen molar-refractivity contribution in [2.75, 3.05) is 5.88 Å². The van der Waals surface area contributed by atoms with Gasteiger partial charge < -0.3 is 14.6 Å². The van der Waals surface area contributed by atoms with E-state index in [1.807, 2.05) is 18.2 Å². The van der Waals surface area contributed by atoms with E-state index in [-0.39, 0.29) is 29.4 Å². The topological polar surface area (TPSA) is 47.6 Å². The summed E-state index contributed by atoms with van der Waals surface area (Å²) in [7, 11) is -0.437. The Labute approximate surface area is 161 Å². The van der Waals surface area contributed by atoms with Crippen LogP contribution in [0.1, 0.15) is 39.2 Å². The minimum absolute atomic E-state index is 0.0591. The second-order valence-electron chi connectivity index (χ2n) is 8.83. The van der Waals surface area contributed by atoms with Gasteiger partial charge in [0.2, 0.25) is 5.91 Å². The average molecular weight is 376 g/mol. The summed E-state index contributed by atoms with van der Waals surface area (Å²) in [5.74, 6) is 0.717. The van der Waals surface area contributed by atoms with Crippen LogP contribution in [0.4, 0.5) is 0 Å². The number of rotatable bonds is 5. The predicted molar refractivity (Wildman–Crippen MR) is 103 cm³/mol. The molecule has 6 heteroatoms. The maximum atomic E-state index is 12.0. The van der Waals surface area contributed by atoms with Crippen LogP contribution in [0.25, 0.3) is 0 Å². The van der Waals surface area contributed by atoms with Gasteiger partial charge in [-0.1, -0.05) is 44.2 Å². The summed E-state index contributed by atoms with van der Waals surface area (Å²) in [5, 5.41) is 3.01. The number of carbonyl (C=O) groups excluding carboxylic acids is 1. The molecule has 0 radical (unpaired) electrons. The molecule has 3 saturated carbocycles. The lowest BCUT2D eigenvalue weighted by Gasteiger charge is -2.64. The Morgan fingerprint density at radius 2 is 2.04 bits per heavy atom. The van der Waals surface area contributed by atoms with Crippen LogP contribution in [0, 0.1) is 17.3 Å². The third-order valence-corrected chi connectivity index (χ3v) is 7.31. The second kappa shape index (κ2) is 6.54. The Hall–Kier alpha value is -1.04. The normalized spacial score (nSPS) is 35.4. The molecule has 1 aliphatic heterocycles. The van der Waals surface area contributed by atoms with Gasteiger partial charge in [0.15, 0.2) is 0 Å². The summed E-state index contributed by atoms with van der Waals surface area (Å²) in [4.78, 5) is 12.0. The molecule has 140 valence electrons. The van der Waals surface area contributed by atoms with E-state index >= 15 is 0 Å². The van der Waals surface area contributed by atoms with Crippen molar-refractivity contribution in [3.8, 4) is 0 Å². The van der Waals surface area contributed by atoms with Crippen LogP contribution in [0.15, 0.2) is 30.3 Å². The van der Waals surface area contributed by atoms with Crippen LogP contribution in [0.3, 0.4) is 0 Å². The molecule has 1 aromatic rings. The predicted octanol–water partition coefficient (Wildman–Crippen LogP) is 3.22. The monoisotopic (exact) mass is 375 g/mol. The lowest BCUT2D eigenvalue weighted by molar-refractivity contribution is -0.199. The van der Waals surface area contributed by atoms with Crippen LogP contribution in [0.2, 0.25) is 0 Å². The largest absolute Gasteiger partial charge is 0.482 e. The maximum Gasteiger partial charge on any atom is 0.482 e. The summed E-state index contributed by atoms with van der Waals surface area (Å²) in [6, 6.07) is 10.1. The minimum Gasteiger partial charge on any atom is -0.404 e. The van der Waals surface area contributed by atoms with Gasteiger partial charge >= 0.3 is 7.12 Å². The molecule has 0 spiro atoms. The number of hydrogen-bond acceptors (Lipinski definition) is 3. The van der Waals surface area contributed by atoms with Crippen molar-refractivity contribution in [1.82, 2.24) is 5.32 Å². The van der Waals surface area contributed by atoms with Gasteiger partial charge in [0.1, 0.15) is 5.88 Å². The molecule has 1 saturated heterocycles. The van der Waals surface area contributed by atoms with Crippen molar-refractivity contribution in [3.63, 3.8) is 0 Å². The molecule has 1 amide bonds. The zero-order valence-corrected chi connectivity index (χ0v) is 16.5. The number of benzene rings is 1. The van der Waals surface area contributed by atoms with E-state index in [1.165, 1.54) is 6.42 Å². The minimum atomic E-state index is -0.437. The van der Waals surface area contributed by atoms with Crippen LogP contribution < -0.4 is 5.32 Å². The third kappa shape index (κ3) is 2.89. The third-order valence-electron chi connectivity index (χ3n) is 7.06. The smallest absolute Gasteiger partial charge is 0.404 e. The lowest BCUT2D eigenvalue weighted by Crippen LogP contribution is -2.65. The summed E-state index contributed by atoms with van der Waals surface area (Å²) >= 11 is 5.73. The first kappa shape index (κ1) is 18.3. The number of halogens is 1. The number of amides is 1. The van der Waals surface area contributed by atoms with Gasteiger partial charge in [-0.3, -0.25) is 4.79 Å². The Kier molecular flexibility index (Phi) is 4.61. The molecule has 1 aromatic carbocycles. The van der Waals surface area contributed by atoms with Crippen LogP contribution in [0.5, 0.6) is 0 Å². The Morgan fingerprint density at radius 3 is 2.69 bits per heavy atom. The molecule has 5 atom stereocenters. The van der Waals surface area contributed by atoms with Gasteiger partial charge in [-0.05, 0) is 49.0 Å². The molecule has 4 fully saturated rings. The molecule has 26 heavy (non-hydrogen) atoms. The molecular formula is C20H27BClNO3. The van der Waals surface area contributed by atoms with E-state index in [2.05, 4.69) is 38.2 Å². The van der Waals surface area contributed by atoms with Crippen molar-refractivity contribution in [2.45, 2.75) is 57.7 Å². The quantitative estimate of drug-likeness (QED) is 0.635. The van der Waals surface area contributed by atoms with Crippen LogP contribution >= 0.6 is 11.6 Å². The van der Waals surface area contributed by atoms with E-state index in [4.69, 9.17) is 20.9 Å². The fraction of sp³-hybridized carbons (Fsp3) is 0.650. The number of alkyl halides is 1. The molecule has 3 aliphatic carbocycles. The van der Waals surface area contributed by atoms with E-state index in [0.29, 0.717) is 23.7 Å². The molecular weight excluding hydrogens is 348 g/mol. The van der Waals surface area contributed by atoms with Crippen molar-refractivity contribution in [1.29, 1.82) is 0 Å². The van der Waals surface area contributed by atoms with Gasteiger partial charge in [-0.15, -0.1) is 11.6 Å². The fourth-order valence-electron chi connectivity index (χ4n) is 5.40. The highest BCUT2D eigenvalue weighted by atomic mass is 35.5. The first-order valence-corrected chi connectivity index (χ1v) is 10.1. The SMILES string of the molecule is CC1(C)[C@@H]2C[C@H]3OB(C(Cc4ccccc4)NC(=O)CCl)O[C@@]3(C)[C@H]1C2. The number of hydrogen-bond donors (Lipinski definition) is 1. The van der Waals surface area contributed by atoms with Gasteiger partial charge in [0.05, 0.1) is 17.6 Å². The Balaban J connectivity index is 1.54. The Bertz CT molecular complexity index is 685. The summed E-state index contributed by atoms with van der Waals surface area (Å²) in [6.45, 7) is 6.89. The molecule has 1 heterocycles. The number of nitrogens with one attached hydrogen (secondary N) is 1. The van der Waals surface area contributed by atoms with E-state index in [9.17, 15) is 4.79 Å². The first-order valence-electron chi connectivity index (χ1n) is 9.57. The highest BCUT2D eigenvalue weighted by Gasteiger charge is 2.68. The van der Waals surface area contributed by atoms with Crippen LogP contribution in [-0.4, -0.2) is 36.6 Å². The van der Waals surface area contributed by atoms with Gasteiger partial charge in [0, 0.05) is 0 Å². The van der Waals surface area contributed by atoms with Crippen molar-refractivity contribution in [3.05, 3.63) is 35.9 Å². The molecule has 4 aliphatic rings. The molecule has 0 aromatic heterocycles. The fourth-order valence-corrected chi connectivity index (χ4v) is 5.48. The van der Waals surface area contributed by atoms with Crippen molar-refractivity contribution < 1.29 is 14.1 Å². The molecule has 4 nitrogen and oxygen atoms in total. The highest BCUT2D eigenvalue weighted by Crippen LogP contribution is 2.65. The van der Waals surface area contributed by atoms with E-state index in [1.54, 1.807) is 0 Å². The summed E-state index contributed by atoms with van der Waals surface area (Å²) in [6.07, 6.45) is 3.02. The van der Waals surface area contributed by atoms with Crippen molar-refractivity contribution >= 4 is 24.6 Å². The molecule has 2 bridgehead atoms. The average Bonchev–Trinajstić information content (AvgIpc) is 2.98. The van der Waals surface area contributed by atoms with Gasteiger partial charge in [-0.2, -0.15) is 0 Å².